The molecule has 3 rings (SSSR count). The third-order valence-electron chi connectivity index (χ3n) is 4.05. The molecule has 0 bridgehead atoms. The van der Waals surface area contributed by atoms with Gasteiger partial charge in [0.1, 0.15) is 0 Å². The second-order valence-corrected chi connectivity index (χ2v) is 5.43. The van der Waals surface area contributed by atoms with E-state index in [2.05, 4.69) is 5.32 Å². The summed E-state index contributed by atoms with van der Waals surface area (Å²) in [5, 5.41) is 2.93. The van der Waals surface area contributed by atoms with Crippen LogP contribution in [0.1, 0.15) is 12.0 Å². The molecule has 0 radical (unpaired) electrons. The first kappa shape index (κ1) is 12.0. The molecule has 19 heavy (non-hydrogen) atoms. The zero-order valence-electron chi connectivity index (χ0n) is 11.1. The number of hydrogen-bond donors (Lipinski definition) is 1. The maximum absolute atomic E-state index is 12.3. The lowest BCUT2D eigenvalue weighted by molar-refractivity contribution is -0.120. The Morgan fingerprint density at radius 3 is 2.84 bits per heavy atom. The van der Waals surface area contributed by atoms with E-state index in [0.29, 0.717) is 19.5 Å². The van der Waals surface area contributed by atoms with Crippen LogP contribution >= 0.6 is 0 Å². The predicted octanol–water partition coefficient (Wildman–Crippen LogP) is 1.26. The van der Waals surface area contributed by atoms with Crippen molar-refractivity contribution in [3.05, 3.63) is 29.8 Å². The minimum Gasteiger partial charge on any atom is -0.331 e. The van der Waals surface area contributed by atoms with Gasteiger partial charge in [-0.2, -0.15) is 0 Å². The Bertz CT molecular complexity index is 555. The SMILES string of the molecule is CN(C)C(=O)N1CCC2(C1)C(=O)Nc1ccccc12. The number of nitrogens with zero attached hydrogens (tertiary/aromatic N) is 2. The summed E-state index contributed by atoms with van der Waals surface area (Å²) in [7, 11) is 3.46. The fraction of sp³-hybridized carbons (Fsp3) is 0.429. The first-order valence-corrected chi connectivity index (χ1v) is 6.42. The molecule has 3 amide bonds. The molecule has 1 spiro atoms. The van der Waals surface area contributed by atoms with Gasteiger partial charge in [0.05, 0.1) is 5.41 Å². The first-order valence-electron chi connectivity index (χ1n) is 6.42. The second-order valence-electron chi connectivity index (χ2n) is 5.43. The van der Waals surface area contributed by atoms with Crippen molar-refractivity contribution < 1.29 is 9.59 Å². The Morgan fingerprint density at radius 2 is 2.11 bits per heavy atom. The largest absolute Gasteiger partial charge is 0.331 e. The molecule has 2 aliphatic heterocycles. The van der Waals surface area contributed by atoms with Gasteiger partial charge in [-0.3, -0.25) is 4.79 Å². The molecule has 1 fully saturated rings. The number of carbonyl (C=O) groups excluding carboxylic acids is 2. The normalized spacial score (nSPS) is 24.5. The van der Waals surface area contributed by atoms with Crippen molar-refractivity contribution in [2.75, 3.05) is 32.5 Å². The standard InChI is InChI=1S/C14H17N3O2/c1-16(2)13(19)17-8-7-14(9-17)10-5-3-4-6-11(10)15-12(14)18/h3-6H,7-9H2,1-2H3,(H,15,18). The van der Waals surface area contributed by atoms with E-state index >= 15 is 0 Å². The lowest BCUT2D eigenvalue weighted by Crippen LogP contribution is -2.42. The van der Waals surface area contributed by atoms with Crippen LogP contribution in [0.4, 0.5) is 10.5 Å². The second kappa shape index (κ2) is 3.98. The Balaban J connectivity index is 1.94. The average Bonchev–Trinajstić information content (AvgIpc) is 2.94. The van der Waals surface area contributed by atoms with Crippen molar-refractivity contribution in [2.45, 2.75) is 11.8 Å². The van der Waals surface area contributed by atoms with Crippen LogP contribution in [0.5, 0.6) is 0 Å². The number of hydrogen-bond acceptors (Lipinski definition) is 2. The van der Waals surface area contributed by atoms with Crippen LogP contribution in [0.15, 0.2) is 24.3 Å². The molecule has 0 saturated carbocycles. The third kappa shape index (κ3) is 1.61. The van der Waals surface area contributed by atoms with Gasteiger partial charge in [0.15, 0.2) is 0 Å². The van der Waals surface area contributed by atoms with E-state index in [9.17, 15) is 9.59 Å². The van der Waals surface area contributed by atoms with Gasteiger partial charge in [-0.1, -0.05) is 18.2 Å². The number of fused-ring (bicyclic) bond motifs is 2. The van der Waals surface area contributed by atoms with Gasteiger partial charge in [-0.15, -0.1) is 0 Å². The molecule has 2 aliphatic rings. The van der Waals surface area contributed by atoms with E-state index in [1.165, 1.54) is 0 Å². The number of nitrogens with one attached hydrogen (secondary N) is 1. The highest BCUT2D eigenvalue weighted by atomic mass is 16.2. The van der Waals surface area contributed by atoms with Gasteiger partial charge >= 0.3 is 6.03 Å². The van der Waals surface area contributed by atoms with Crippen LogP contribution in [0.25, 0.3) is 0 Å². The highest BCUT2D eigenvalue weighted by molar-refractivity contribution is 6.07. The molecule has 1 unspecified atom stereocenters. The highest BCUT2D eigenvalue weighted by Crippen LogP contribution is 2.44. The lowest BCUT2D eigenvalue weighted by atomic mass is 9.81. The van der Waals surface area contributed by atoms with Crippen molar-refractivity contribution in [3.63, 3.8) is 0 Å². The molecule has 0 aliphatic carbocycles. The molecule has 1 saturated heterocycles. The molecule has 1 atom stereocenters. The number of para-hydroxylation sites is 1. The molecule has 1 aromatic carbocycles. The van der Waals surface area contributed by atoms with Crippen LogP contribution in [-0.4, -0.2) is 48.9 Å². The van der Waals surface area contributed by atoms with E-state index in [0.717, 1.165) is 11.3 Å². The molecule has 1 aromatic rings. The van der Waals surface area contributed by atoms with Crippen LogP contribution in [-0.2, 0) is 10.2 Å². The number of amides is 3. The number of urea groups is 1. The van der Waals surface area contributed by atoms with Gasteiger partial charge in [-0.25, -0.2) is 4.79 Å². The summed E-state index contributed by atoms with van der Waals surface area (Å²) in [6.07, 6.45) is 0.690. The van der Waals surface area contributed by atoms with Crippen molar-refractivity contribution in [3.8, 4) is 0 Å². The third-order valence-corrected chi connectivity index (χ3v) is 4.05. The summed E-state index contributed by atoms with van der Waals surface area (Å²) < 4.78 is 0. The van der Waals surface area contributed by atoms with Crippen molar-refractivity contribution in [1.82, 2.24) is 9.80 Å². The topological polar surface area (TPSA) is 52.7 Å². The number of carbonyl (C=O) groups is 2. The smallest absolute Gasteiger partial charge is 0.319 e. The van der Waals surface area contributed by atoms with E-state index in [1.54, 1.807) is 23.9 Å². The Hall–Kier alpha value is -2.04. The summed E-state index contributed by atoms with van der Waals surface area (Å²) in [6.45, 7) is 1.09. The first-order chi connectivity index (χ1) is 9.04. The number of likely N-dealkylation sites (tertiary alicyclic amines) is 1. The summed E-state index contributed by atoms with van der Waals surface area (Å²) in [6, 6.07) is 7.72. The Morgan fingerprint density at radius 1 is 1.37 bits per heavy atom. The summed E-state index contributed by atoms with van der Waals surface area (Å²) in [5.41, 5.74) is 1.35. The van der Waals surface area contributed by atoms with Gasteiger partial charge < -0.3 is 15.1 Å². The quantitative estimate of drug-likeness (QED) is 0.762. The molecule has 2 heterocycles. The molecule has 5 heteroatoms. The monoisotopic (exact) mass is 259 g/mol. The van der Waals surface area contributed by atoms with Gasteiger partial charge in [0.2, 0.25) is 5.91 Å². The molecule has 1 N–H and O–H groups in total. The van der Waals surface area contributed by atoms with Crippen LogP contribution in [0.2, 0.25) is 0 Å². The van der Waals surface area contributed by atoms with Crippen molar-refractivity contribution in [2.24, 2.45) is 0 Å². The van der Waals surface area contributed by atoms with E-state index < -0.39 is 5.41 Å². The molecule has 100 valence electrons. The fourth-order valence-corrected chi connectivity index (χ4v) is 3.03. The maximum Gasteiger partial charge on any atom is 0.319 e. The van der Waals surface area contributed by atoms with Crippen molar-refractivity contribution in [1.29, 1.82) is 0 Å². The predicted molar refractivity (Wildman–Crippen MR) is 72.0 cm³/mol. The van der Waals surface area contributed by atoms with E-state index in [4.69, 9.17) is 0 Å². The number of rotatable bonds is 0. The number of anilines is 1. The summed E-state index contributed by atoms with van der Waals surface area (Å²) >= 11 is 0. The minimum absolute atomic E-state index is 0.0164. The maximum atomic E-state index is 12.3. The van der Waals surface area contributed by atoms with Gasteiger partial charge in [-0.05, 0) is 18.1 Å². The minimum atomic E-state index is -0.553. The molecular weight excluding hydrogens is 242 g/mol. The molecular formula is C14H17N3O2. The molecule has 0 aromatic heterocycles. The zero-order chi connectivity index (χ0) is 13.6. The van der Waals surface area contributed by atoms with Gasteiger partial charge in [0.25, 0.3) is 0 Å². The van der Waals surface area contributed by atoms with Crippen molar-refractivity contribution >= 4 is 17.6 Å². The lowest BCUT2D eigenvalue weighted by Gasteiger charge is -2.24. The van der Waals surface area contributed by atoms with E-state index in [1.807, 2.05) is 24.3 Å². The van der Waals surface area contributed by atoms with E-state index in [-0.39, 0.29) is 11.9 Å². The fourth-order valence-electron chi connectivity index (χ4n) is 3.03. The van der Waals surface area contributed by atoms with Crippen LogP contribution in [0, 0.1) is 0 Å². The van der Waals surface area contributed by atoms with Crippen LogP contribution in [0.3, 0.4) is 0 Å². The highest BCUT2D eigenvalue weighted by Gasteiger charge is 2.52. The Labute approximate surface area is 112 Å². The summed E-state index contributed by atoms with van der Waals surface area (Å²) in [4.78, 5) is 27.7. The average molecular weight is 259 g/mol. The van der Waals surface area contributed by atoms with Gasteiger partial charge in [0, 0.05) is 32.9 Å². The van der Waals surface area contributed by atoms with Crippen LogP contribution < -0.4 is 5.32 Å². The Kier molecular flexibility index (Phi) is 2.52. The zero-order valence-corrected chi connectivity index (χ0v) is 11.1. The molecule has 5 nitrogen and oxygen atoms in total. The summed E-state index contributed by atoms with van der Waals surface area (Å²) in [5.74, 6) is 0.0164. The number of benzene rings is 1.